The van der Waals surface area contributed by atoms with Crippen LogP contribution in [-0.4, -0.2) is 157 Å². The molecule has 2 fully saturated rings. The van der Waals surface area contributed by atoms with Crippen molar-refractivity contribution in [1.82, 2.24) is 19.1 Å². The zero-order valence-electron chi connectivity index (χ0n) is 32.4. The maximum absolute atomic E-state index is 12.6. The highest BCUT2D eigenvalue weighted by atomic mass is 31.2. The number of nitrogens with one attached hydrogen (secondary N) is 2. The summed E-state index contributed by atoms with van der Waals surface area (Å²) in [5.41, 5.74) is -5.29. The minimum Gasteiger partial charge on any atom is -0.442 e. The standard InChI is InChI=1S/C18H24F3N2O8P.C16H25N2O7P/c1-8(24)13(31-16(28)18(19,20)21)9-7-23(17(29)22-14(9)27)15-12(26)11(25)10(30-15)5-6-32(2,3)4;1-8(19)11(20)9-7-18(16(24)17-14(9)23)15-13(22)12(21)10(25-15)5-6-26(2,3)4/h7,10-13,15,25-26H,2,5-6H2,1,3-4H3,(H,22,27,29);7,10-13,15,20-22H,2,5-6H2,1,3-4H3,(H,17,23,24)/t10-,11-,12-,13?,15?;10-,11?,12-,13-,15?/m11/s1. The predicted molar refractivity (Wildman–Crippen MR) is 206 cm³/mol. The van der Waals surface area contributed by atoms with Crippen LogP contribution in [0.3, 0.4) is 0 Å². The molecule has 4 unspecified atom stereocenters. The summed E-state index contributed by atoms with van der Waals surface area (Å²) < 4.78 is 54.5. The molecule has 0 radical (unpaired) electrons. The van der Waals surface area contributed by atoms with Gasteiger partial charge in [-0.3, -0.25) is 38.3 Å². The number of esters is 1. The number of alkyl halides is 3. The largest absolute Gasteiger partial charge is 0.490 e. The number of halogens is 3. The van der Waals surface area contributed by atoms with Gasteiger partial charge >= 0.3 is 23.5 Å². The SMILES string of the molecule is C=P(C)(C)CC[C@H]1OC(n2cc(C(O)C(C)=O)c(=O)[nH]c2=O)[C@H](O)[C@@H]1O.C=P(C)(C)CC[C@H]1OC(n2cc(C(OC(=O)C(F)(F)F)C(C)=O)c(=O)[nH]c2=O)[C@H](O)[C@@H]1O. The lowest BCUT2D eigenvalue weighted by molar-refractivity contribution is -0.205. The van der Waals surface area contributed by atoms with E-state index in [1.165, 1.54) is 0 Å². The first kappa shape index (κ1) is 48.6. The lowest BCUT2D eigenvalue weighted by atomic mass is 10.1. The number of rotatable bonds is 13. The fourth-order valence-corrected chi connectivity index (χ4v) is 7.78. The molecule has 2 saturated heterocycles. The van der Waals surface area contributed by atoms with Gasteiger partial charge in [0.2, 0.25) is 0 Å². The molecule has 0 aliphatic carbocycles. The number of Topliss-reactive ketones (excluding diaryl/α,β-unsaturated/α-hetero) is 2. The Morgan fingerprint density at radius 1 is 0.759 bits per heavy atom. The van der Waals surface area contributed by atoms with E-state index in [0.717, 1.165) is 30.8 Å². The predicted octanol–water partition coefficient (Wildman–Crippen LogP) is -1.13. The molecular formula is C34H49F3N4O15P2. The maximum atomic E-state index is 12.6. The molecule has 2 aliphatic rings. The van der Waals surface area contributed by atoms with Crippen LogP contribution in [0.15, 0.2) is 31.6 Å². The third kappa shape index (κ3) is 12.2. The Labute approximate surface area is 328 Å². The van der Waals surface area contributed by atoms with E-state index >= 15 is 0 Å². The van der Waals surface area contributed by atoms with Crippen molar-refractivity contribution in [3.05, 3.63) is 65.2 Å². The number of aromatic nitrogens is 4. The number of hydrogen-bond donors (Lipinski definition) is 7. The molecule has 24 heteroatoms. The van der Waals surface area contributed by atoms with Crippen LogP contribution in [0.5, 0.6) is 0 Å². The number of aliphatic hydroxyl groups is 5. The van der Waals surface area contributed by atoms with Crippen LogP contribution in [0.4, 0.5) is 13.2 Å². The Balaban J connectivity index is 0.000000317. The lowest BCUT2D eigenvalue weighted by Gasteiger charge is -2.21. The van der Waals surface area contributed by atoms with E-state index in [1.807, 2.05) is 31.6 Å². The molecule has 2 aromatic heterocycles. The molecule has 58 heavy (non-hydrogen) atoms. The molecule has 7 N–H and O–H groups in total. The Morgan fingerprint density at radius 2 is 1.14 bits per heavy atom. The fourth-order valence-electron chi connectivity index (χ4n) is 5.87. The van der Waals surface area contributed by atoms with E-state index in [2.05, 4.69) is 17.3 Å². The molecule has 0 saturated carbocycles. The van der Waals surface area contributed by atoms with Crippen molar-refractivity contribution in [3.8, 4) is 0 Å². The second kappa shape index (κ2) is 18.7. The number of aliphatic hydroxyl groups excluding tert-OH is 5. The van der Waals surface area contributed by atoms with Gasteiger partial charge in [-0.05, 0) is 65.7 Å². The number of hydrogen-bond acceptors (Lipinski definition) is 15. The monoisotopic (exact) mass is 872 g/mol. The Morgan fingerprint density at radius 3 is 1.48 bits per heavy atom. The summed E-state index contributed by atoms with van der Waals surface area (Å²) in [4.78, 5) is 86.5. The molecule has 19 nitrogen and oxygen atoms in total. The highest BCUT2D eigenvalue weighted by Gasteiger charge is 2.47. The minimum absolute atomic E-state index is 0.309. The van der Waals surface area contributed by atoms with E-state index in [1.54, 1.807) is 4.98 Å². The molecule has 0 aromatic carbocycles. The van der Waals surface area contributed by atoms with Gasteiger partial charge in [0.1, 0.15) is 30.5 Å². The minimum atomic E-state index is -5.43. The second-order valence-electron chi connectivity index (χ2n) is 15.4. The van der Waals surface area contributed by atoms with Crippen molar-refractivity contribution in [2.24, 2.45) is 0 Å². The van der Waals surface area contributed by atoms with Crippen molar-refractivity contribution < 1.29 is 67.3 Å². The van der Waals surface area contributed by atoms with Crippen molar-refractivity contribution in [2.45, 2.75) is 94.2 Å². The first-order valence-corrected chi connectivity index (χ1v) is 23.6. The number of H-pyrrole nitrogens is 2. The number of carbonyl (C=O) groups is 3. The topological polar surface area (TPSA) is 290 Å². The van der Waals surface area contributed by atoms with Crippen LogP contribution >= 0.6 is 13.8 Å². The lowest BCUT2D eigenvalue weighted by Crippen LogP contribution is -2.40. The summed E-state index contributed by atoms with van der Waals surface area (Å²) in [6.45, 7) is 6.99. The van der Waals surface area contributed by atoms with Gasteiger partial charge in [-0.1, -0.05) is 0 Å². The van der Waals surface area contributed by atoms with Crippen LogP contribution in [0.25, 0.3) is 0 Å². The summed E-state index contributed by atoms with van der Waals surface area (Å²) in [6, 6.07) is 0. The van der Waals surface area contributed by atoms with Gasteiger partial charge in [0, 0.05) is 12.4 Å². The molecule has 10 atom stereocenters. The quantitative estimate of drug-likeness (QED) is 0.0926. The van der Waals surface area contributed by atoms with Crippen LogP contribution in [0, 0.1) is 0 Å². The third-order valence-electron chi connectivity index (χ3n) is 9.04. The molecule has 0 amide bonds. The van der Waals surface area contributed by atoms with Crippen molar-refractivity contribution in [3.63, 3.8) is 0 Å². The number of carbonyl (C=O) groups excluding carboxylic acids is 3. The van der Waals surface area contributed by atoms with Crippen molar-refractivity contribution in [1.29, 1.82) is 0 Å². The third-order valence-corrected chi connectivity index (χ3v) is 12.0. The number of ketones is 2. The first-order valence-electron chi connectivity index (χ1n) is 17.5. The molecule has 4 heterocycles. The van der Waals surface area contributed by atoms with E-state index < -0.39 is 127 Å². The van der Waals surface area contributed by atoms with Crippen LogP contribution < -0.4 is 22.5 Å². The molecule has 326 valence electrons. The Bertz CT molecular complexity index is 2190. The Hall–Kier alpha value is -3.72. The summed E-state index contributed by atoms with van der Waals surface area (Å²) >= 11 is 0. The number of aromatic amines is 2. The highest BCUT2D eigenvalue weighted by Crippen LogP contribution is 2.40. The van der Waals surface area contributed by atoms with Crippen LogP contribution in [0.1, 0.15) is 62.5 Å². The molecular weight excluding hydrogens is 823 g/mol. The van der Waals surface area contributed by atoms with Gasteiger partial charge in [0.05, 0.1) is 23.3 Å². The van der Waals surface area contributed by atoms with Crippen molar-refractivity contribution in [2.75, 3.05) is 39.0 Å². The maximum Gasteiger partial charge on any atom is 0.490 e. The average molecular weight is 873 g/mol. The molecule has 0 bridgehead atoms. The van der Waals surface area contributed by atoms with Gasteiger partial charge < -0.3 is 39.7 Å². The smallest absolute Gasteiger partial charge is 0.442 e. The summed E-state index contributed by atoms with van der Waals surface area (Å²) in [7, 11) is 0. The van der Waals surface area contributed by atoms with E-state index in [-0.39, 0.29) is 5.56 Å². The first-order chi connectivity index (χ1) is 26.4. The van der Waals surface area contributed by atoms with Crippen LogP contribution in [0.2, 0.25) is 0 Å². The highest BCUT2D eigenvalue weighted by molar-refractivity contribution is 7.72. The molecule has 2 aliphatic heterocycles. The molecule has 4 rings (SSSR count). The zero-order chi connectivity index (χ0) is 44.4. The van der Waals surface area contributed by atoms with Gasteiger partial charge in [0.25, 0.3) is 11.1 Å². The van der Waals surface area contributed by atoms with Gasteiger partial charge in [-0.25, -0.2) is 14.4 Å². The summed E-state index contributed by atoms with van der Waals surface area (Å²) in [5.74, 6) is -4.50. The molecule has 0 spiro atoms. The summed E-state index contributed by atoms with van der Waals surface area (Å²) in [5, 5.41) is 51.0. The van der Waals surface area contributed by atoms with E-state index in [9.17, 15) is 72.3 Å². The second-order valence-corrected chi connectivity index (χ2v) is 24.0. The number of nitrogens with zero attached hydrogens (tertiary/aromatic N) is 2. The number of ether oxygens (including phenoxy) is 3. The van der Waals surface area contributed by atoms with Gasteiger partial charge in [-0.2, -0.15) is 13.2 Å². The zero-order valence-corrected chi connectivity index (χ0v) is 34.2. The van der Waals surface area contributed by atoms with Gasteiger partial charge in [0.15, 0.2) is 30.1 Å². The molecule has 2 aromatic rings. The van der Waals surface area contributed by atoms with E-state index in [4.69, 9.17) is 9.47 Å². The average Bonchev–Trinajstić information content (AvgIpc) is 3.53. The van der Waals surface area contributed by atoms with Crippen LogP contribution in [-0.2, 0) is 28.6 Å². The Kier molecular flexibility index (Phi) is 15.7. The normalized spacial score (nSPS) is 26.0. The fraction of sp³-hybridized carbons (Fsp3) is 0.618. The van der Waals surface area contributed by atoms with Gasteiger partial charge in [-0.15, -0.1) is 26.4 Å². The van der Waals surface area contributed by atoms with Crippen molar-refractivity contribution >= 4 is 43.9 Å². The van der Waals surface area contributed by atoms with E-state index in [0.29, 0.717) is 29.8 Å². The summed E-state index contributed by atoms with van der Waals surface area (Å²) in [6.07, 6.45) is -7.56.